The Balaban J connectivity index is 2.13. The first-order chi connectivity index (χ1) is 9.84. The van der Waals surface area contributed by atoms with E-state index in [9.17, 15) is 18.0 Å². The molecule has 0 aliphatic carbocycles. The van der Waals surface area contributed by atoms with Gasteiger partial charge in [-0.25, -0.2) is 0 Å². The number of carbonyl (C=O) groups is 1. The van der Waals surface area contributed by atoms with Crippen LogP contribution in [0.1, 0.15) is 22.4 Å². The van der Waals surface area contributed by atoms with Gasteiger partial charge in [-0.2, -0.15) is 13.2 Å². The Bertz CT molecular complexity index is 636. The largest absolute Gasteiger partial charge is 0.481 e. The van der Waals surface area contributed by atoms with E-state index in [1.54, 1.807) is 12.1 Å². The van der Waals surface area contributed by atoms with Crippen molar-refractivity contribution < 1.29 is 23.1 Å². The lowest BCUT2D eigenvalue weighted by molar-refractivity contribution is -0.138. The van der Waals surface area contributed by atoms with E-state index in [4.69, 9.17) is 5.11 Å². The predicted octanol–water partition coefficient (Wildman–Crippen LogP) is 3.32. The van der Waals surface area contributed by atoms with E-state index in [2.05, 4.69) is 4.98 Å². The van der Waals surface area contributed by atoms with Crippen LogP contribution in [0.5, 0.6) is 0 Å². The van der Waals surface area contributed by atoms with Crippen LogP contribution in [-0.2, 0) is 23.8 Å². The molecule has 1 aromatic carbocycles. The third kappa shape index (κ3) is 4.30. The summed E-state index contributed by atoms with van der Waals surface area (Å²) in [6, 6.07) is 8.09. The number of aromatic nitrogens is 1. The maximum absolute atomic E-state index is 12.5. The minimum absolute atomic E-state index is 0.109. The highest BCUT2D eigenvalue weighted by molar-refractivity contribution is 5.70. The summed E-state index contributed by atoms with van der Waals surface area (Å²) in [5.74, 6) is -0.943. The molecule has 0 bridgehead atoms. The van der Waals surface area contributed by atoms with E-state index in [0.29, 0.717) is 23.2 Å². The molecule has 0 fully saturated rings. The zero-order valence-corrected chi connectivity index (χ0v) is 10.9. The Morgan fingerprint density at radius 2 is 1.76 bits per heavy atom. The number of hydrogen-bond donors (Lipinski definition) is 1. The zero-order chi connectivity index (χ0) is 15.5. The van der Waals surface area contributed by atoms with Crippen LogP contribution in [0.25, 0.3) is 0 Å². The molecule has 0 radical (unpaired) electrons. The molecular formula is C15H12F3NO2. The number of aliphatic carboxylic acids is 1. The maximum atomic E-state index is 12.5. The van der Waals surface area contributed by atoms with Gasteiger partial charge in [0.1, 0.15) is 0 Å². The van der Waals surface area contributed by atoms with E-state index in [0.717, 1.165) is 12.1 Å². The van der Waals surface area contributed by atoms with Crippen LogP contribution < -0.4 is 0 Å². The van der Waals surface area contributed by atoms with Crippen molar-refractivity contribution in [1.29, 1.82) is 0 Å². The van der Waals surface area contributed by atoms with Crippen molar-refractivity contribution in [3.05, 3.63) is 65.0 Å². The van der Waals surface area contributed by atoms with Gasteiger partial charge in [0.15, 0.2) is 0 Å². The molecular weight excluding hydrogens is 283 g/mol. The average Bonchev–Trinajstić information content (AvgIpc) is 2.38. The molecule has 6 heteroatoms. The molecule has 0 aliphatic rings. The summed E-state index contributed by atoms with van der Waals surface area (Å²) in [5.41, 5.74) is 1.22. The Hall–Kier alpha value is -2.37. The summed E-state index contributed by atoms with van der Waals surface area (Å²) in [6.07, 6.45) is -2.61. The maximum Gasteiger partial charge on any atom is 0.416 e. The summed E-state index contributed by atoms with van der Waals surface area (Å²) >= 11 is 0. The summed E-state index contributed by atoms with van der Waals surface area (Å²) in [4.78, 5) is 14.7. The van der Waals surface area contributed by atoms with Crippen molar-refractivity contribution in [3.63, 3.8) is 0 Å². The number of rotatable bonds is 4. The van der Waals surface area contributed by atoms with Crippen molar-refractivity contribution in [1.82, 2.24) is 4.98 Å². The van der Waals surface area contributed by atoms with Gasteiger partial charge in [0, 0.05) is 18.3 Å². The molecule has 1 aromatic heterocycles. The molecule has 1 N–H and O–H groups in total. The second-order valence-corrected chi connectivity index (χ2v) is 4.60. The summed E-state index contributed by atoms with van der Waals surface area (Å²) < 4.78 is 37.4. The minimum atomic E-state index is -4.35. The third-order valence-electron chi connectivity index (χ3n) is 2.90. The molecule has 21 heavy (non-hydrogen) atoms. The lowest BCUT2D eigenvalue weighted by Gasteiger charge is -2.08. The van der Waals surface area contributed by atoms with Crippen molar-refractivity contribution >= 4 is 5.97 Å². The lowest BCUT2D eigenvalue weighted by Crippen LogP contribution is -2.05. The normalized spacial score (nSPS) is 11.4. The van der Waals surface area contributed by atoms with Crippen LogP contribution in [0.4, 0.5) is 13.2 Å². The number of hydrogen-bond acceptors (Lipinski definition) is 2. The van der Waals surface area contributed by atoms with Gasteiger partial charge in [-0.3, -0.25) is 9.78 Å². The zero-order valence-electron chi connectivity index (χ0n) is 10.9. The van der Waals surface area contributed by atoms with Gasteiger partial charge in [-0.05, 0) is 35.4 Å². The van der Waals surface area contributed by atoms with Gasteiger partial charge in [-0.15, -0.1) is 0 Å². The molecule has 2 aromatic rings. The summed E-state index contributed by atoms with van der Waals surface area (Å²) in [6.45, 7) is 0. The molecule has 3 nitrogen and oxygen atoms in total. The summed E-state index contributed by atoms with van der Waals surface area (Å²) in [7, 11) is 0. The number of benzene rings is 1. The molecule has 0 atom stereocenters. The Morgan fingerprint density at radius 1 is 1.10 bits per heavy atom. The molecule has 0 saturated carbocycles. The predicted molar refractivity (Wildman–Crippen MR) is 69.8 cm³/mol. The molecule has 2 rings (SSSR count). The highest BCUT2D eigenvalue weighted by atomic mass is 19.4. The first kappa shape index (κ1) is 15.0. The third-order valence-corrected chi connectivity index (χ3v) is 2.90. The van der Waals surface area contributed by atoms with Gasteiger partial charge >= 0.3 is 12.1 Å². The van der Waals surface area contributed by atoms with Gasteiger partial charge in [0.25, 0.3) is 0 Å². The molecule has 0 unspecified atom stereocenters. The smallest absolute Gasteiger partial charge is 0.416 e. The lowest BCUT2D eigenvalue weighted by atomic mass is 10.0. The van der Waals surface area contributed by atoms with E-state index in [1.807, 2.05) is 0 Å². The SMILES string of the molecule is O=C(O)Cc1ccnc(Cc2ccc(C(F)(F)F)cc2)c1. The molecule has 0 saturated heterocycles. The van der Waals surface area contributed by atoms with Crippen LogP contribution in [0.3, 0.4) is 0 Å². The molecule has 0 spiro atoms. The highest BCUT2D eigenvalue weighted by Crippen LogP contribution is 2.29. The van der Waals surface area contributed by atoms with E-state index < -0.39 is 17.7 Å². The van der Waals surface area contributed by atoms with E-state index in [1.165, 1.54) is 18.3 Å². The second kappa shape index (κ2) is 5.95. The van der Waals surface area contributed by atoms with Gasteiger partial charge in [-0.1, -0.05) is 12.1 Å². The van der Waals surface area contributed by atoms with Crippen LogP contribution in [0.2, 0.25) is 0 Å². The minimum Gasteiger partial charge on any atom is -0.481 e. The Morgan fingerprint density at radius 3 is 2.33 bits per heavy atom. The fraction of sp³-hybridized carbons (Fsp3) is 0.200. The number of nitrogens with zero attached hydrogens (tertiary/aromatic N) is 1. The monoisotopic (exact) mass is 295 g/mol. The first-order valence-corrected chi connectivity index (χ1v) is 6.16. The number of halogens is 3. The summed E-state index contributed by atoms with van der Waals surface area (Å²) in [5, 5.41) is 8.73. The van der Waals surface area contributed by atoms with Crippen molar-refractivity contribution in [2.45, 2.75) is 19.0 Å². The number of alkyl halides is 3. The van der Waals surface area contributed by atoms with Gasteiger partial charge in [0.05, 0.1) is 12.0 Å². The quantitative estimate of drug-likeness (QED) is 0.941. The van der Waals surface area contributed by atoms with Gasteiger partial charge < -0.3 is 5.11 Å². The standard InChI is InChI=1S/C15H12F3NO2/c16-15(17,18)12-3-1-10(2-4-12)7-13-8-11(5-6-19-13)9-14(20)21/h1-6,8H,7,9H2,(H,20,21). The fourth-order valence-electron chi connectivity index (χ4n) is 1.93. The molecule has 110 valence electrons. The van der Waals surface area contributed by atoms with Crippen LogP contribution in [0.15, 0.2) is 42.6 Å². The van der Waals surface area contributed by atoms with Crippen LogP contribution in [0, 0.1) is 0 Å². The van der Waals surface area contributed by atoms with E-state index >= 15 is 0 Å². The number of pyridine rings is 1. The Labute approximate surface area is 119 Å². The van der Waals surface area contributed by atoms with Gasteiger partial charge in [0.2, 0.25) is 0 Å². The molecule has 0 aliphatic heterocycles. The topological polar surface area (TPSA) is 50.2 Å². The number of carboxylic acids is 1. The Kier molecular flexibility index (Phi) is 4.26. The van der Waals surface area contributed by atoms with Crippen molar-refractivity contribution in [3.8, 4) is 0 Å². The van der Waals surface area contributed by atoms with Crippen molar-refractivity contribution in [2.75, 3.05) is 0 Å². The second-order valence-electron chi connectivity index (χ2n) is 4.60. The molecule has 0 amide bonds. The van der Waals surface area contributed by atoms with Crippen LogP contribution in [-0.4, -0.2) is 16.1 Å². The molecule has 1 heterocycles. The first-order valence-electron chi connectivity index (χ1n) is 6.16. The van der Waals surface area contributed by atoms with Crippen LogP contribution >= 0.6 is 0 Å². The van der Waals surface area contributed by atoms with E-state index in [-0.39, 0.29) is 6.42 Å². The number of carboxylic acid groups (broad SMARTS) is 1. The average molecular weight is 295 g/mol. The van der Waals surface area contributed by atoms with Crippen molar-refractivity contribution in [2.24, 2.45) is 0 Å². The fourth-order valence-corrected chi connectivity index (χ4v) is 1.93. The highest BCUT2D eigenvalue weighted by Gasteiger charge is 2.29.